The lowest BCUT2D eigenvalue weighted by molar-refractivity contribution is 0.208. The van der Waals surface area contributed by atoms with Crippen molar-refractivity contribution in [2.45, 2.75) is 19.9 Å². The standard InChI is InChI=1S/C24H34N6O3/c1-16-11-21(23(27-17(16)2)22-15-25-5-6-26-22)28-24(31)30-9-7-29(8-10-30)18-12-19(32-3)14-20(13-18)33-4/h11-14,22,25-26H,5-10,15H2,1-4H3,(H,28,31). The number of nitrogens with one attached hydrogen (secondary N) is 3. The number of carbonyl (C=O) groups excluding carboxylic acids is 1. The second kappa shape index (κ2) is 10.3. The van der Waals surface area contributed by atoms with Crippen LogP contribution < -0.4 is 30.3 Å². The highest BCUT2D eigenvalue weighted by Gasteiger charge is 2.25. The minimum Gasteiger partial charge on any atom is -0.497 e. The number of amides is 2. The number of methoxy groups -OCH3 is 2. The van der Waals surface area contributed by atoms with Gasteiger partial charge in [0.2, 0.25) is 0 Å². The average molecular weight is 455 g/mol. The topological polar surface area (TPSA) is 91.0 Å². The molecule has 9 nitrogen and oxygen atoms in total. The maximum Gasteiger partial charge on any atom is 0.322 e. The summed E-state index contributed by atoms with van der Waals surface area (Å²) in [4.78, 5) is 22.1. The van der Waals surface area contributed by atoms with Gasteiger partial charge in [-0.1, -0.05) is 0 Å². The zero-order valence-electron chi connectivity index (χ0n) is 19.9. The van der Waals surface area contributed by atoms with Crippen LogP contribution in [0.1, 0.15) is 23.0 Å². The number of rotatable bonds is 5. The third kappa shape index (κ3) is 5.31. The molecule has 0 aliphatic carbocycles. The van der Waals surface area contributed by atoms with E-state index in [1.165, 1.54) is 0 Å². The number of urea groups is 1. The van der Waals surface area contributed by atoms with Gasteiger partial charge in [-0.25, -0.2) is 4.79 Å². The quantitative estimate of drug-likeness (QED) is 0.639. The molecule has 4 rings (SSSR count). The summed E-state index contributed by atoms with van der Waals surface area (Å²) in [5.41, 5.74) is 4.75. The molecule has 0 radical (unpaired) electrons. The third-order valence-corrected chi connectivity index (χ3v) is 6.38. The number of ether oxygens (including phenoxy) is 2. The largest absolute Gasteiger partial charge is 0.497 e. The van der Waals surface area contributed by atoms with E-state index in [2.05, 4.69) is 20.9 Å². The molecule has 178 valence electrons. The fraction of sp³-hybridized carbons (Fsp3) is 0.500. The van der Waals surface area contributed by atoms with Gasteiger partial charge in [0.25, 0.3) is 0 Å². The fourth-order valence-electron chi connectivity index (χ4n) is 4.27. The molecule has 2 amide bonds. The lowest BCUT2D eigenvalue weighted by Crippen LogP contribution is -2.50. The van der Waals surface area contributed by atoms with Gasteiger partial charge < -0.3 is 35.2 Å². The van der Waals surface area contributed by atoms with Crippen molar-refractivity contribution in [3.05, 3.63) is 41.2 Å². The van der Waals surface area contributed by atoms with Crippen molar-refractivity contribution in [1.82, 2.24) is 20.5 Å². The Bertz CT molecular complexity index is 962. The van der Waals surface area contributed by atoms with Crippen molar-refractivity contribution in [1.29, 1.82) is 0 Å². The van der Waals surface area contributed by atoms with Crippen LogP contribution in [0.3, 0.4) is 0 Å². The van der Waals surface area contributed by atoms with Crippen LogP contribution >= 0.6 is 0 Å². The molecule has 1 unspecified atom stereocenters. The maximum atomic E-state index is 13.1. The van der Waals surface area contributed by atoms with Gasteiger partial charge in [0, 0.05) is 75.4 Å². The second-order valence-corrected chi connectivity index (χ2v) is 8.51. The molecule has 2 aliphatic heterocycles. The first kappa shape index (κ1) is 23.1. The molecule has 1 aromatic heterocycles. The molecule has 1 atom stereocenters. The number of pyridine rings is 1. The summed E-state index contributed by atoms with van der Waals surface area (Å²) in [7, 11) is 3.30. The van der Waals surface area contributed by atoms with Crippen molar-refractivity contribution < 1.29 is 14.3 Å². The van der Waals surface area contributed by atoms with Gasteiger partial charge in [0.15, 0.2) is 0 Å². The van der Waals surface area contributed by atoms with Crippen molar-refractivity contribution in [2.75, 3.05) is 70.2 Å². The Labute approximate surface area is 195 Å². The van der Waals surface area contributed by atoms with E-state index < -0.39 is 0 Å². The van der Waals surface area contributed by atoms with Crippen LogP contribution in [0.2, 0.25) is 0 Å². The third-order valence-electron chi connectivity index (χ3n) is 6.38. The summed E-state index contributed by atoms with van der Waals surface area (Å²) in [6.45, 7) is 9.36. The summed E-state index contributed by atoms with van der Waals surface area (Å²) in [6, 6.07) is 7.87. The zero-order chi connectivity index (χ0) is 23.4. The normalized spacial score (nSPS) is 18.7. The lowest BCUT2D eigenvalue weighted by atomic mass is 10.1. The molecular weight excluding hydrogens is 420 g/mol. The molecular formula is C24H34N6O3. The highest BCUT2D eigenvalue weighted by molar-refractivity contribution is 5.90. The number of anilines is 2. The van der Waals surface area contributed by atoms with Crippen molar-refractivity contribution in [3.63, 3.8) is 0 Å². The first-order valence-corrected chi connectivity index (χ1v) is 11.4. The first-order chi connectivity index (χ1) is 16.0. The van der Waals surface area contributed by atoms with Crippen molar-refractivity contribution in [2.24, 2.45) is 0 Å². The highest BCUT2D eigenvalue weighted by Crippen LogP contribution is 2.29. The number of piperazine rings is 2. The van der Waals surface area contributed by atoms with Crippen LogP contribution in [0.5, 0.6) is 11.5 Å². The highest BCUT2D eigenvalue weighted by atomic mass is 16.5. The first-order valence-electron chi connectivity index (χ1n) is 11.4. The van der Waals surface area contributed by atoms with Gasteiger partial charge in [-0.05, 0) is 25.5 Å². The summed E-state index contributed by atoms with van der Waals surface area (Å²) in [6.07, 6.45) is 0. The van der Waals surface area contributed by atoms with E-state index in [0.717, 1.165) is 72.5 Å². The van der Waals surface area contributed by atoms with Crippen molar-refractivity contribution >= 4 is 17.4 Å². The van der Waals surface area contributed by atoms with E-state index in [-0.39, 0.29) is 12.1 Å². The van der Waals surface area contributed by atoms with Gasteiger partial charge >= 0.3 is 6.03 Å². The SMILES string of the molecule is COc1cc(OC)cc(N2CCN(C(=O)Nc3cc(C)c(C)nc3C3CNCCN3)CC2)c1. The van der Waals surface area contributed by atoms with Crippen LogP contribution in [0.25, 0.3) is 0 Å². The summed E-state index contributed by atoms with van der Waals surface area (Å²) >= 11 is 0. The van der Waals surface area contributed by atoms with Gasteiger partial charge in [-0.2, -0.15) is 0 Å². The lowest BCUT2D eigenvalue weighted by Gasteiger charge is -2.36. The van der Waals surface area contributed by atoms with E-state index in [1.54, 1.807) is 14.2 Å². The summed E-state index contributed by atoms with van der Waals surface area (Å²) in [5, 5.41) is 10.0. The Morgan fingerprint density at radius 2 is 1.73 bits per heavy atom. The number of nitrogens with zero attached hydrogens (tertiary/aromatic N) is 3. The minimum absolute atomic E-state index is 0.0771. The minimum atomic E-state index is -0.0899. The smallest absolute Gasteiger partial charge is 0.322 e. The monoisotopic (exact) mass is 454 g/mol. The van der Waals surface area contributed by atoms with E-state index in [1.807, 2.05) is 43.0 Å². The molecule has 0 spiro atoms. The number of aryl methyl sites for hydroxylation is 2. The predicted molar refractivity (Wildman–Crippen MR) is 130 cm³/mol. The maximum absolute atomic E-state index is 13.1. The van der Waals surface area contributed by atoms with Crippen LogP contribution in [0, 0.1) is 13.8 Å². The van der Waals surface area contributed by atoms with E-state index in [4.69, 9.17) is 14.5 Å². The Balaban J connectivity index is 1.43. The number of benzene rings is 1. The van der Waals surface area contributed by atoms with Crippen LogP contribution in [-0.4, -0.2) is 75.9 Å². The second-order valence-electron chi connectivity index (χ2n) is 8.51. The molecule has 33 heavy (non-hydrogen) atoms. The molecule has 2 aromatic rings. The van der Waals surface area contributed by atoms with Crippen LogP contribution in [-0.2, 0) is 0 Å². The number of hydrogen-bond donors (Lipinski definition) is 3. The molecule has 3 heterocycles. The summed E-state index contributed by atoms with van der Waals surface area (Å²) < 4.78 is 10.8. The molecule has 0 saturated carbocycles. The van der Waals surface area contributed by atoms with Crippen LogP contribution in [0.4, 0.5) is 16.2 Å². The van der Waals surface area contributed by atoms with Gasteiger partial charge in [-0.3, -0.25) is 4.98 Å². The number of hydrogen-bond acceptors (Lipinski definition) is 7. The number of carbonyl (C=O) groups is 1. The van der Waals surface area contributed by atoms with Gasteiger partial charge in [0.05, 0.1) is 31.6 Å². The molecule has 1 aromatic carbocycles. The molecule has 3 N–H and O–H groups in total. The Morgan fingerprint density at radius 1 is 1.03 bits per heavy atom. The van der Waals surface area contributed by atoms with Crippen molar-refractivity contribution in [3.8, 4) is 11.5 Å². The Kier molecular flexibility index (Phi) is 7.20. The number of aromatic nitrogens is 1. The Hall–Kier alpha value is -3.04. The predicted octanol–water partition coefficient (Wildman–Crippen LogP) is 2.30. The molecule has 0 bridgehead atoms. The summed E-state index contributed by atoms with van der Waals surface area (Å²) in [5.74, 6) is 1.51. The van der Waals surface area contributed by atoms with Gasteiger partial charge in [0.1, 0.15) is 11.5 Å². The molecule has 2 aliphatic rings. The van der Waals surface area contributed by atoms with E-state index in [9.17, 15) is 4.79 Å². The molecule has 9 heteroatoms. The van der Waals surface area contributed by atoms with E-state index >= 15 is 0 Å². The Morgan fingerprint density at radius 3 is 2.33 bits per heavy atom. The molecule has 2 saturated heterocycles. The molecule has 2 fully saturated rings. The zero-order valence-corrected chi connectivity index (χ0v) is 19.9. The fourth-order valence-corrected chi connectivity index (χ4v) is 4.27. The van der Waals surface area contributed by atoms with Crippen LogP contribution in [0.15, 0.2) is 24.3 Å². The average Bonchev–Trinajstić information content (AvgIpc) is 2.86. The van der Waals surface area contributed by atoms with E-state index in [0.29, 0.717) is 13.1 Å². The van der Waals surface area contributed by atoms with Gasteiger partial charge in [-0.15, -0.1) is 0 Å².